The van der Waals surface area contributed by atoms with Gasteiger partial charge in [-0.2, -0.15) is 0 Å². The third-order valence-electron chi connectivity index (χ3n) is 2.93. The molecule has 0 saturated carbocycles. The molecule has 4 nitrogen and oxygen atoms in total. The van der Waals surface area contributed by atoms with Crippen LogP contribution < -0.4 is 5.32 Å². The zero-order chi connectivity index (χ0) is 13.0. The summed E-state index contributed by atoms with van der Waals surface area (Å²) in [6.07, 6.45) is 0. The number of nitrogens with zero attached hydrogens (tertiary/aromatic N) is 1. The van der Waals surface area contributed by atoms with Crippen LogP contribution in [0.2, 0.25) is 0 Å². The fraction of sp³-hybridized carbons (Fsp3) is 0.462. The lowest BCUT2D eigenvalue weighted by molar-refractivity contribution is 0.0565. The Labute approximate surface area is 115 Å². The largest absolute Gasteiger partial charge is 0.378 e. The number of benzene rings is 1. The standard InChI is InChI=1S/C13H17BrN2O2/c1-16(8-12-9-18-7-6-15-12)13(17)10-2-4-11(14)5-3-10/h2-5,12,15H,6-9H2,1H3. The van der Waals surface area contributed by atoms with Gasteiger partial charge < -0.3 is 15.0 Å². The number of likely N-dealkylation sites (N-methyl/N-ethyl adjacent to an activating group) is 1. The van der Waals surface area contributed by atoms with E-state index in [-0.39, 0.29) is 11.9 Å². The highest BCUT2D eigenvalue weighted by Crippen LogP contribution is 2.12. The van der Waals surface area contributed by atoms with Gasteiger partial charge in [0, 0.05) is 36.2 Å². The van der Waals surface area contributed by atoms with Crippen LogP contribution >= 0.6 is 15.9 Å². The Morgan fingerprint density at radius 1 is 1.50 bits per heavy atom. The van der Waals surface area contributed by atoms with Crippen molar-refractivity contribution in [3.05, 3.63) is 34.3 Å². The van der Waals surface area contributed by atoms with Gasteiger partial charge in [-0.1, -0.05) is 15.9 Å². The summed E-state index contributed by atoms with van der Waals surface area (Å²) >= 11 is 3.36. The molecule has 1 saturated heterocycles. The molecule has 1 aliphatic rings. The fourth-order valence-electron chi connectivity index (χ4n) is 1.96. The Bertz CT molecular complexity index is 402. The van der Waals surface area contributed by atoms with Gasteiger partial charge in [-0.15, -0.1) is 0 Å². The molecule has 2 rings (SSSR count). The topological polar surface area (TPSA) is 41.6 Å². The molecule has 1 aromatic rings. The summed E-state index contributed by atoms with van der Waals surface area (Å²) in [5, 5.41) is 3.34. The van der Waals surface area contributed by atoms with Gasteiger partial charge in [0.1, 0.15) is 0 Å². The van der Waals surface area contributed by atoms with E-state index in [2.05, 4.69) is 21.2 Å². The molecule has 1 amide bonds. The molecule has 0 bridgehead atoms. The highest BCUT2D eigenvalue weighted by atomic mass is 79.9. The number of morpholine rings is 1. The van der Waals surface area contributed by atoms with Crippen molar-refractivity contribution in [2.24, 2.45) is 0 Å². The van der Waals surface area contributed by atoms with Crippen LogP contribution in [0.5, 0.6) is 0 Å². The summed E-state index contributed by atoms with van der Waals surface area (Å²) in [5.41, 5.74) is 0.706. The van der Waals surface area contributed by atoms with E-state index in [1.165, 1.54) is 0 Å². The van der Waals surface area contributed by atoms with E-state index in [0.717, 1.165) is 17.6 Å². The summed E-state index contributed by atoms with van der Waals surface area (Å²) in [6.45, 7) is 2.93. The summed E-state index contributed by atoms with van der Waals surface area (Å²) in [7, 11) is 1.82. The van der Waals surface area contributed by atoms with Crippen molar-refractivity contribution < 1.29 is 9.53 Å². The Kier molecular flexibility index (Phi) is 4.74. The van der Waals surface area contributed by atoms with Crippen LogP contribution in [0, 0.1) is 0 Å². The zero-order valence-corrected chi connectivity index (χ0v) is 11.9. The van der Waals surface area contributed by atoms with Gasteiger partial charge in [0.25, 0.3) is 5.91 Å². The van der Waals surface area contributed by atoms with Gasteiger partial charge in [-0.25, -0.2) is 0 Å². The van der Waals surface area contributed by atoms with Crippen molar-refractivity contribution in [1.29, 1.82) is 0 Å². The molecule has 98 valence electrons. The number of ether oxygens (including phenoxy) is 1. The average molecular weight is 313 g/mol. The lowest BCUT2D eigenvalue weighted by Crippen LogP contribution is -2.48. The number of carbonyl (C=O) groups excluding carboxylic acids is 1. The predicted molar refractivity (Wildman–Crippen MR) is 73.7 cm³/mol. The number of hydrogen-bond donors (Lipinski definition) is 1. The zero-order valence-electron chi connectivity index (χ0n) is 10.4. The van der Waals surface area contributed by atoms with Crippen molar-refractivity contribution in [1.82, 2.24) is 10.2 Å². The Morgan fingerprint density at radius 3 is 2.83 bits per heavy atom. The Balaban J connectivity index is 1.93. The van der Waals surface area contributed by atoms with E-state index in [4.69, 9.17) is 4.74 Å². The van der Waals surface area contributed by atoms with Gasteiger partial charge >= 0.3 is 0 Å². The number of rotatable bonds is 3. The maximum absolute atomic E-state index is 12.2. The first kappa shape index (κ1) is 13.5. The number of nitrogens with one attached hydrogen (secondary N) is 1. The van der Waals surface area contributed by atoms with E-state index >= 15 is 0 Å². The first-order chi connectivity index (χ1) is 8.66. The van der Waals surface area contributed by atoms with E-state index < -0.39 is 0 Å². The number of halogens is 1. The van der Waals surface area contributed by atoms with Crippen LogP contribution in [0.4, 0.5) is 0 Å². The molecule has 1 fully saturated rings. The minimum Gasteiger partial charge on any atom is -0.378 e. The minimum absolute atomic E-state index is 0.0369. The van der Waals surface area contributed by atoms with E-state index in [9.17, 15) is 4.79 Å². The predicted octanol–water partition coefficient (Wildman–Crippen LogP) is 1.51. The number of carbonyl (C=O) groups is 1. The summed E-state index contributed by atoms with van der Waals surface area (Å²) in [6, 6.07) is 7.64. The maximum atomic E-state index is 12.2. The third-order valence-corrected chi connectivity index (χ3v) is 3.46. The molecule has 0 aromatic heterocycles. The molecule has 1 N–H and O–H groups in total. The third kappa shape index (κ3) is 3.54. The van der Waals surface area contributed by atoms with Crippen LogP contribution in [0.1, 0.15) is 10.4 Å². The SMILES string of the molecule is CN(CC1COCCN1)C(=O)c1ccc(Br)cc1. The van der Waals surface area contributed by atoms with Crippen molar-refractivity contribution in [3.8, 4) is 0 Å². The molecule has 18 heavy (non-hydrogen) atoms. The fourth-order valence-corrected chi connectivity index (χ4v) is 2.23. The van der Waals surface area contributed by atoms with E-state index in [1.54, 1.807) is 4.90 Å². The molecular weight excluding hydrogens is 296 g/mol. The molecular formula is C13H17BrN2O2. The van der Waals surface area contributed by atoms with E-state index in [1.807, 2.05) is 31.3 Å². The van der Waals surface area contributed by atoms with Crippen LogP contribution in [0.15, 0.2) is 28.7 Å². The smallest absolute Gasteiger partial charge is 0.253 e. The second-order valence-corrected chi connectivity index (χ2v) is 5.33. The molecule has 1 aliphatic heterocycles. The Hall–Kier alpha value is -0.910. The highest BCUT2D eigenvalue weighted by Gasteiger charge is 2.18. The van der Waals surface area contributed by atoms with Crippen LogP contribution in [0.25, 0.3) is 0 Å². The summed E-state index contributed by atoms with van der Waals surface area (Å²) < 4.78 is 6.35. The van der Waals surface area contributed by atoms with Crippen molar-refractivity contribution in [2.75, 3.05) is 33.4 Å². The van der Waals surface area contributed by atoms with Crippen molar-refractivity contribution >= 4 is 21.8 Å². The minimum atomic E-state index is 0.0369. The van der Waals surface area contributed by atoms with Gasteiger partial charge in [0.2, 0.25) is 0 Å². The normalized spacial score (nSPS) is 19.6. The Morgan fingerprint density at radius 2 is 2.22 bits per heavy atom. The van der Waals surface area contributed by atoms with Crippen LogP contribution in [-0.2, 0) is 4.74 Å². The van der Waals surface area contributed by atoms with Gasteiger partial charge in [0.05, 0.1) is 13.2 Å². The maximum Gasteiger partial charge on any atom is 0.253 e. The van der Waals surface area contributed by atoms with Crippen LogP contribution in [-0.4, -0.2) is 50.2 Å². The van der Waals surface area contributed by atoms with Crippen molar-refractivity contribution in [2.45, 2.75) is 6.04 Å². The van der Waals surface area contributed by atoms with Gasteiger partial charge in [-0.05, 0) is 24.3 Å². The molecule has 0 spiro atoms. The van der Waals surface area contributed by atoms with Crippen molar-refractivity contribution in [3.63, 3.8) is 0 Å². The average Bonchev–Trinajstić information content (AvgIpc) is 2.40. The highest BCUT2D eigenvalue weighted by molar-refractivity contribution is 9.10. The summed E-state index contributed by atoms with van der Waals surface area (Å²) in [4.78, 5) is 13.9. The second kappa shape index (κ2) is 6.31. The quantitative estimate of drug-likeness (QED) is 0.920. The second-order valence-electron chi connectivity index (χ2n) is 4.42. The van der Waals surface area contributed by atoms with Gasteiger partial charge in [-0.3, -0.25) is 4.79 Å². The molecule has 1 aromatic carbocycles. The van der Waals surface area contributed by atoms with Gasteiger partial charge in [0.15, 0.2) is 0 Å². The summed E-state index contributed by atoms with van der Waals surface area (Å²) in [5.74, 6) is 0.0369. The molecule has 1 atom stereocenters. The molecule has 5 heteroatoms. The molecule has 1 unspecified atom stereocenters. The lowest BCUT2D eigenvalue weighted by atomic mass is 10.2. The molecule has 0 radical (unpaired) electrons. The van der Waals surface area contributed by atoms with Crippen LogP contribution in [0.3, 0.4) is 0 Å². The number of hydrogen-bond acceptors (Lipinski definition) is 3. The first-order valence-corrected chi connectivity index (χ1v) is 6.78. The lowest BCUT2D eigenvalue weighted by Gasteiger charge is -2.28. The number of amides is 1. The van der Waals surface area contributed by atoms with E-state index in [0.29, 0.717) is 18.7 Å². The molecule has 1 heterocycles. The first-order valence-electron chi connectivity index (χ1n) is 5.99. The monoisotopic (exact) mass is 312 g/mol. The molecule has 0 aliphatic carbocycles.